The summed E-state index contributed by atoms with van der Waals surface area (Å²) in [5.74, 6) is -0.256. The molecule has 0 spiro atoms. The third-order valence-corrected chi connectivity index (χ3v) is 9.21. The number of nitrogens with one attached hydrogen (secondary N) is 1. The third-order valence-electron chi connectivity index (χ3n) is 5.58. The van der Waals surface area contributed by atoms with Gasteiger partial charge >= 0.3 is 0 Å². The zero-order chi connectivity index (χ0) is 23.4. The van der Waals surface area contributed by atoms with E-state index in [1.807, 2.05) is 109 Å². The molecule has 5 aromatic rings. The number of rotatable bonds is 5. The molecule has 0 aliphatic heterocycles. The first-order chi connectivity index (χ1) is 16.7. The second kappa shape index (κ2) is 9.34. The lowest BCUT2D eigenvalue weighted by atomic mass is 10.1. The summed E-state index contributed by atoms with van der Waals surface area (Å²) < 4.78 is 5.14. The first kappa shape index (κ1) is 21.6. The maximum Gasteiger partial charge on any atom is 0.264 e. The van der Waals surface area contributed by atoms with Gasteiger partial charge in [0, 0.05) is 15.9 Å². The highest BCUT2D eigenvalue weighted by Crippen LogP contribution is 2.48. The molecule has 0 saturated carbocycles. The Bertz CT molecular complexity index is 1420. The molecule has 0 unspecified atom stereocenters. The SMILES string of the molecule is O=c1[nH]c(N=P(c2ccccc2)(c2ccccc2)c2ccccc2)nc(O)c1-c1ccccc1. The average Bonchev–Trinajstić information content (AvgIpc) is 2.89. The fourth-order valence-electron chi connectivity index (χ4n) is 4.06. The van der Waals surface area contributed by atoms with Crippen LogP contribution in [0.15, 0.2) is 131 Å². The molecular weight excluding hydrogens is 441 g/mol. The summed E-state index contributed by atoms with van der Waals surface area (Å²) in [5.41, 5.74) is 0.280. The van der Waals surface area contributed by atoms with Gasteiger partial charge in [0.25, 0.3) is 5.56 Å². The molecule has 0 aliphatic rings. The first-order valence-corrected chi connectivity index (χ1v) is 12.6. The maximum atomic E-state index is 13.1. The minimum atomic E-state index is -2.62. The Kier molecular flexibility index (Phi) is 5.94. The smallest absolute Gasteiger partial charge is 0.264 e. The molecule has 166 valence electrons. The van der Waals surface area contributed by atoms with Gasteiger partial charge in [0.05, 0.1) is 7.05 Å². The predicted molar refractivity (Wildman–Crippen MR) is 139 cm³/mol. The van der Waals surface area contributed by atoms with Gasteiger partial charge in [-0.2, -0.15) is 4.98 Å². The van der Waals surface area contributed by atoms with Crippen LogP contribution in [0, 0.1) is 0 Å². The molecule has 1 aromatic heterocycles. The van der Waals surface area contributed by atoms with E-state index in [1.54, 1.807) is 12.1 Å². The van der Waals surface area contributed by atoms with E-state index < -0.39 is 12.6 Å². The van der Waals surface area contributed by atoms with Crippen molar-refractivity contribution in [3.05, 3.63) is 132 Å². The number of H-pyrrole nitrogens is 1. The van der Waals surface area contributed by atoms with Crippen molar-refractivity contribution in [3.63, 3.8) is 0 Å². The Balaban J connectivity index is 1.84. The van der Waals surface area contributed by atoms with E-state index in [4.69, 9.17) is 4.74 Å². The number of aromatic hydroxyl groups is 1. The first-order valence-electron chi connectivity index (χ1n) is 10.9. The van der Waals surface area contributed by atoms with Crippen molar-refractivity contribution in [1.82, 2.24) is 9.97 Å². The molecule has 0 radical (unpaired) electrons. The van der Waals surface area contributed by atoms with Crippen molar-refractivity contribution in [2.75, 3.05) is 0 Å². The minimum absolute atomic E-state index is 0.0899. The highest BCUT2D eigenvalue weighted by Gasteiger charge is 2.28. The summed E-state index contributed by atoms with van der Waals surface area (Å²) in [7, 11) is -2.62. The topological polar surface area (TPSA) is 78.3 Å². The van der Waals surface area contributed by atoms with Crippen LogP contribution in [-0.2, 0) is 0 Å². The van der Waals surface area contributed by atoms with Gasteiger partial charge in [0.15, 0.2) is 0 Å². The van der Waals surface area contributed by atoms with Crippen LogP contribution < -0.4 is 21.5 Å². The van der Waals surface area contributed by atoms with Crippen molar-refractivity contribution < 1.29 is 5.11 Å². The van der Waals surface area contributed by atoms with E-state index in [0.29, 0.717) is 5.56 Å². The van der Waals surface area contributed by atoms with E-state index in [-0.39, 0.29) is 17.4 Å². The number of hydrogen-bond donors (Lipinski definition) is 2. The van der Waals surface area contributed by atoms with Gasteiger partial charge in [-0.25, -0.2) is 4.74 Å². The standard InChI is InChI=1S/C28H22N3O2P/c32-26-25(21-13-5-1-6-14-21)27(33)30-28(29-26)31-34(22-15-7-2-8-16-22,23-17-9-3-10-18-23)24-19-11-4-12-20-24/h1-20H,(H2,29,30,32,33). The Labute approximate surface area is 197 Å². The molecule has 0 bridgehead atoms. The zero-order valence-electron chi connectivity index (χ0n) is 18.2. The summed E-state index contributed by atoms with van der Waals surface area (Å²) in [5, 5.41) is 13.8. The molecule has 34 heavy (non-hydrogen) atoms. The highest BCUT2D eigenvalue weighted by molar-refractivity contribution is 7.87. The lowest BCUT2D eigenvalue weighted by Crippen LogP contribution is -2.25. The average molecular weight is 463 g/mol. The van der Waals surface area contributed by atoms with Crippen LogP contribution in [0.5, 0.6) is 5.88 Å². The minimum Gasteiger partial charge on any atom is -0.493 e. The van der Waals surface area contributed by atoms with E-state index in [1.165, 1.54) is 0 Å². The summed E-state index contributed by atoms with van der Waals surface area (Å²) in [6.07, 6.45) is 0. The highest BCUT2D eigenvalue weighted by atomic mass is 31.2. The van der Waals surface area contributed by atoms with Gasteiger partial charge in [0.2, 0.25) is 11.8 Å². The summed E-state index contributed by atoms with van der Waals surface area (Å²) in [6.45, 7) is 0. The fraction of sp³-hybridized carbons (Fsp3) is 0. The Hall–Kier alpha value is -4.21. The van der Waals surface area contributed by atoms with Gasteiger partial charge in [-0.05, 0) is 5.56 Å². The molecule has 5 nitrogen and oxygen atoms in total. The van der Waals surface area contributed by atoms with E-state index in [9.17, 15) is 9.90 Å². The van der Waals surface area contributed by atoms with Crippen LogP contribution in [0.3, 0.4) is 0 Å². The van der Waals surface area contributed by atoms with Crippen molar-refractivity contribution >= 4 is 28.9 Å². The second-order valence-electron chi connectivity index (χ2n) is 7.70. The molecule has 5 rings (SSSR count). The summed E-state index contributed by atoms with van der Waals surface area (Å²) in [4.78, 5) is 20.2. The molecule has 1 heterocycles. The molecule has 0 aliphatic carbocycles. The van der Waals surface area contributed by atoms with Gasteiger partial charge in [-0.15, -0.1) is 0 Å². The normalized spacial score (nSPS) is 11.2. The molecule has 0 fully saturated rings. The van der Waals surface area contributed by atoms with Crippen LogP contribution in [0.25, 0.3) is 11.1 Å². The second-order valence-corrected chi connectivity index (χ2v) is 10.7. The van der Waals surface area contributed by atoms with E-state index >= 15 is 0 Å². The van der Waals surface area contributed by atoms with Crippen molar-refractivity contribution in [1.29, 1.82) is 0 Å². The molecule has 2 N–H and O–H groups in total. The van der Waals surface area contributed by atoms with Crippen molar-refractivity contribution in [3.8, 4) is 17.0 Å². The van der Waals surface area contributed by atoms with Crippen LogP contribution in [0.2, 0.25) is 0 Å². The summed E-state index contributed by atoms with van der Waals surface area (Å²) >= 11 is 0. The number of nitrogens with zero attached hydrogens (tertiary/aromatic N) is 2. The number of aromatic nitrogens is 2. The quantitative estimate of drug-likeness (QED) is 0.362. The Morgan fingerprint density at radius 2 is 1.06 bits per heavy atom. The number of aromatic amines is 1. The molecule has 0 atom stereocenters. The van der Waals surface area contributed by atoms with Crippen LogP contribution in [0.4, 0.5) is 5.95 Å². The van der Waals surface area contributed by atoms with Gasteiger partial charge < -0.3 is 5.11 Å². The summed E-state index contributed by atoms with van der Waals surface area (Å²) in [6, 6.07) is 39.1. The van der Waals surface area contributed by atoms with Gasteiger partial charge in [-0.3, -0.25) is 9.78 Å². The van der Waals surface area contributed by atoms with Crippen LogP contribution >= 0.6 is 7.05 Å². The molecule has 6 heteroatoms. The zero-order valence-corrected chi connectivity index (χ0v) is 19.1. The van der Waals surface area contributed by atoms with Gasteiger partial charge in [0.1, 0.15) is 5.56 Å². The van der Waals surface area contributed by atoms with E-state index in [0.717, 1.165) is 15.9 Å². The Morgan fingerprint density at radius 1 is 0.647 bits per heavy atom. The molecule has 0 saturated heterocycles. The molecule has 0 amide bonds. The van der Waals surface area contributed by atoms with Crippen molar-refractivity contribution in [2.24, 2.45) is 4.74 Å². The lowest BCUT2D eigenvalue weighted by molar-refractivity contribution is 0.454. The maximum absolute atomic E-state index is 13.1. The van der Waals surface area contributed by atoms with E-state index in [2.05, 4.69) is 9.97 Å². The monoisotopic (exact) mass is 463 g/mol. The predicted octanol–water partition coefficient (Wildman–Crippen LogP) is 4.95. The number of hydrogen-bond acceptors (Lipinski definition) is 4. The lowest BCUT2D eigenvalue weighted by Gasteiger charge is -2.26. The largest absolute Gasteiger partial charge is 0.493 e. The van der Waals surface area contributed by atoms with Crippen molar-refractivity contribution in [2.45, 2.75) is 0 Å². The molecular formula is C28H22N3O2P. The third kappa shape index (κ3) is 3.98. The van der Waals surface area contributed by atoms with Gasteiger partial charge in [-0.1, -0.05) is 121 Å². The molecule has 4 aromatic carbocycles. The Morgan fingerprint density at radius 3 is 1.47 bits per heavy atom. The van der Waals surface area contributed by atoms with Crippen LogP contribution in [0.1, 0.15) is 0 Å². The fourth-order valence-corrected chi connectivity index (χ4v) is 7.49. The number of benzene rings is 4. The van der Waals surface area contributed by atoms with Crippen LogP contribution in [-0.4, -0.2) is 15.1 Å².